The second kappa shape index (κ2) is 5.65. The van der Waals surface area contributed by atoms with Gasteiger partial charge in [0.25, 0.3) is 5.91 Å². The van der Waals surface area contributed by atoms with Crippen LogP contribution in [0.3, 0.4) is 0 Å². The predicted octanol–water partition coefficient (Wildman–Crippen LogP) is 1.46. The molecule has 3 rings (SSSR count). The van der Waals surface area contributed by atoms with E-state index in [0.717, 1.165) is 10.7 Å². The van der Waals surface area contributed by atoms with E-state index < -0.39 is 11.7 Å². The summed E-state index contributed by atoms with van der Waals surface area (Å²) in [5.74, 6) is -0.381. The minimum absolute atomic E-state index is 0.00363. The van der Waals surface area contributed by atoms with E-state index in [1.165, 1.54) is 29.3 Å². The number of aromatic nitrogens is 3. The van der Waals surface area contributed by atoms with Crippen molar-refractivity contribution in [2.24, 2.45) is 5.73 Å². The fourth-order valence-corrected chi connectivity index (χ4v) is 2.53. The van der Waals surface area contributed by atoms with E-state index in [0.29, 0.717) is 19.5 Å². The van der Waals surface area contributed by atoms with Crippen LogP contribution in [0.4, 0.5) is 13.2 Å². The number of para-hydroxylation sites is 1. The third-order valence-electron chi connectivity index (χ3n) is 3.68. The minimum Gasteiger partial charge on any atom is -0.336 e. The number of benzene rings is 1. The molecule has 1 saturated heterocycles. The van der Waals surface area contributed by atoms with Gasteiger partial charge >= 0.3 is 6.18 Å². The van der Waals surface area contributed by atoms with Crippen molar-refractivity contribution < 1.29 is 18.0 Å². The minimum atomic E-state index is -4.52. The quantitative estimate of drug-likeness (QED) is 0.907. The summed E-state index contributed by atoms with van der Waals surface area (Å²) in [6.45, 7) is 0.914. The Labute approximate surface area is 129 Å². The number of nitrogens with two attached hydrogens (primary N) is 1. The zero-order valence-corrected chi connectivity index (χ0v) is 12.0. The molecule has 0 saturated carbocycles. The van der Waals surface area contributed by atoms with E-state index in [2.05, 4.69) is 10.3 Å². The van der Waals surface area contributed by atoms with Crippen LogP contribution in [0.1, 0.15) is 22.5 Å². The maximum Gasteiger partial charge on any atom is 0.418 e. The number of alkyl halides is 3. The number of carbonyl (C=O) groups excluding carboxylic acids is 1. The van der Waals surface area contributed by atoms with Gasteiger partial charge in [0, 0.05) is 19.1 Å². The van der Waals surface area contributed by atoms with Crippen molar-refractivity contribution >= 4 is 5.91 Å². The topological polar surface area (TPSA) is 77.0 Å². The molecule has 1 aromatic carbocycles. The second-order valence-electron chi connectivity index (χ2n) is 5.36. The van der Waals surface area contributed by atoms with Crippen LogP contribution in [0.5, 0.6) is 0 Å². The molecule has 1 aromatic heterocycles. The maximum atomic E-state index is 13.0. The second-order valence-corrected chi connectivity index (χ2v) is 5.36. The van der Waals surface area contributed by atoms with Crippen molar-refractivity contribution in [3.05, 3.63) is 41.7 Å². The number of likely N-dealkylation sites (tertiary alicyclic amines) is 1. The Balaban J connectivity index is 1.90. The van der Waals surface area contributed by atoms with Crippen LogP contribution in [-0.2, 0) is 6.18 Å². The number of hydrogen-bond donors (Lipinski definition) is 1. The summed E-state index contributed by atoms with van der Waals surface area (Å²) < 4.78 is 40.1. The highest BCUT2D eigenvalue weighted by Crippen LogP contribution is 2.33. The average Bonchev–Trinajstić information content (AvgIpc) is 3.14. The Bertz CT molecular complexity index is 727. The normalized spacial score (nSPS) is 18.4. The SMILES string of the molecule is N[C@@H]1CCN(C(=O)c2cn(-c3ccccc3C(F)(F)F)nn2)C1. The Kier molecular flexibility index (Phi) is 3.80. The average molecular weight is 325 g/mol. The van der Waals surface area contributed by atoms with Crippen LogP contribution < -0.4 is 5.73 Å². The number of rotatable bonds is 2. The molecule has 6 nitrogen and oxygen atoms in total. The van der Waals surface area contributed by atoms with E-state index in [-0.39, 0.29) is 23.3 Å². The van der Waals surface area contributed by atoms with Gasteiger partial charge in [-0.25, -0.2) is 4.68 Å². The maximum absolute atomic E-state index is 13.0. The molecule has 1 fully saturated rings. The molecule has 0 radical (unpaired) electrons. The molecule has 2 heterocycles. The molecule has 9 heteroatoms. The Morgan fingerprint density at radius 3 is 2.70 bits per heavy atom. The molecule has 1 aliphatic heterocycles. The van der Waals surface area contributed by atoms with Gasteiger partial charge in [0.05, 0.1) is 17.4 Å². The Hall–Kier alpha value is -2.42. The zero-order chi connectivity index (χ0) is 16.6. The molecule has 0 aliphatic carbocycles. The molecule has 122 valence electrons. The molecule has 1 aliphatic rings. The highest BCUT2D eigenvalue weighted by Gasteiger charge is 2.34. The lowest BCUT2D eigenvalue weighted by molar-refractivity contribution is -0.137. The van der Waals surface area contributed by atoms with Crippen LogP contribution >= 0.6 is 0 Å². The first-order valence-corrected chi connectivity index (χ1v) is 7.00. The van der Waals surface area contributed by atoms with E-state index in [1.807, 2.05) is 0 Å². The number of halogens is 3. The van der Waals surface area contributed by atoms with Gasteiger partial charge in [-0.15, -0.1) is 5.10 Å². The molecule has 1 atom stereocenters. The number of carbonyl (C=O) groups is 1. The number of nitrogens with zero attached hydrogens (tertiary/aromatic N) is 4. The standard InChI is InChI=1S/C14H14F3N5O/c15-14(16,17)10-3-1-2-4-12(10)22-8-11(19-20-22)13(23)21-6-5-9(18)7-21/h1-4,8-9H,5-7,18H2/t9-/m1/s1. The van der Waals surface area contributed by atoms with Crippen LogP contribution in [0.25, 0.3) is 5.69 Å². The number of hydrogen-bond acceptors (Lipinski definition) is 4. The lowest BCUT2D eigenvalue weighted by Crippen LogP contribution is -2.32. The van der Waals surface area contributed by atoms with E-state index >= 15 is 0 Å². The van der Waals surface area contributed by atoms with Gasteiger partial charge in [0.15, 0.2) is 5.69 Å². The van der Waals surface area contributed by atoms with E-state index in [4.69, 9.17) is 5.73 Å². The van der Waals surface area contributed by atoms with Crippen LogP contribution in [0.2, 0.25) is 0 Å². The van der Waals surface area contributed by atoms with Crippen molar-refractivity contribution in [3.8, 4) is 5.69 Å². The van der Waals surface area contributed by atoms with Crippen LogP contribution in [0, 0.1) is 0 Å². The fourth-order valence-electron chi connectivity index (χ4n) is 2.53. The third kappa shape index (κ3) is 3.04. The van der Waals surface area contributed by atoms with Crippen LogP contribution in [-0.4, -0.2) is 44.9 Å². The van der Waals surface area contributed by atoms with Gasteiger partial charge in [-0.05, 0) is 18.6 Å². The summed E-state index contributed by atoms with van der Waals surface area (Å²) >= 11 is 0. The highest BCUT2D eigenvalue weighted by atomic mass is 19.4. The molecule has 2 aromatic rings. The first-order valence-electron chi connectivity index (χ1n) is 7.00. The van der Waals surface area contributed by atoms with Gasteiger partial charge < -0.3 is 10.6 Å². The van der Waals surface area contributed by atoms with Gasteiger partial charge in [-0.2, -0.15) is 13.2 Å². The van der Waals surface area contributed by atoms with E-state index in [9.17, 15) is 18.0 Å². The first kappa shape index (κ1) is 15.5. The predicted molar refractivity (Wildman–Crippen MR) is 74.9 cm³/mol. The molecule has 1 amide bonds. The monoisotopic (exact) mass is 325 g/mol. The van der Waals surface area contributed by atoms with Gasteiger partial charge in [-0.1, -0.05) is 17.3 Å². The Morgan fingerprint density at radius 2 is 2.04 bits per heavy atom. The molecule has 2 N–H and O–H groups in total. The molecular formula is C14H14F3N5O. The summed E-state index contributed by atoms with van der Waals surface area (Å²) in [6.07, 6.45) is -2.62. The van der Waals surface area contributed by atoms with Crippen molar-refractivity contribution in [3.63, 3.8) is 0 Å². The van der Waals surface area contributed by atoms with Crippen molar-refractivity contribution in [2.75, 3.05) is 13.1 Å². The third-order valence-corrected chi connectivity index (χ3v) is 3.68. The van der Waals surface area contributed by atoms with Crippen LogP contribution in [0.15, 0.2) is 30.5 Å². The highest BCUT2D eigenvalue weighted by molar-refractivity contribution is 5.92. The number of amides is 1. The van der Waals surface area contributed by atoms with Gasteiger partial charge in [0.1, 0.15) is 0 Å². The summed E-state index contributed by atoms with van der Waals surface area (Å²) in [4.78, 5) is 13.8. The van der Waals surface area contributed by atoms with Crippen molar-refractivity contribution in [1.29, 1.82) is 0 Å². The molecule has 23 heavy (non-hydrogen) atoms. The molecule has 0 spiro atoms. The lowest BCUT2D eigenvalue weighted by Gasteiger charge is -2.13. The van der Waals surface area contributed by atoms with E-state index in [1.54, 1.807) is 0 Å². The molecule has 0 unspecified atom stereocenters. The lowest BCUT2D eigenvalue weighted by atomic mass is 10.1. The van der Waals surface area contributed by atoms with Crippen molar-refractivity contribution in [2.45, 2.75) is 18.6 Å². The molecule has 0 bridgehead atoms. The fraction of sp³-hybridized carbons (Fsp3) is 0.357. The summed E-state index contributed by atoms with van der Waals surface area (Å²) in [6, 6.07) is 4.91. The smallest absolute Gasteiger partial charge is 0.336 e. The molecular weight excluding hydrogens is 311 g/mol. The largest absolute Gasteiger partial charge is 0.418 e. The van der Waals surface area contributed by atoms with Gasteiger partial charge in [0.2, 0.25) is 0 Å². The summed E-state index contributed by atoms with van der Waals surface area (Å²) in [5.41, 5.74) is 4.72. The summed E-state index contributed by atoms with van der Waals surface area (Å²) in [7, 11) is 0. The van der Waals surface area contributed by atoms with Gasteiger partial charge in [-0.3, -0.25) is 4.79 Å². The first-order chi connectivity index (χ1) is 10.9. The summed E-state index contributed by atoms with van der Waals surface area (Å²) in [5, 5.41) is 7.36. The van der Waals surface area contributed by atoms with Crippen molar-refractivity contribution in [1.82, 2.24) is 19.9 Å². The Morgan fingerprint density at radius 1 is 1.30 bits per heavy atom. The zero-order valence-electron chi connectivity index (χ0n) is 12.0.